The van der Waals surface area contributed by atoms with E-state index in [-0.39, 0.29) is 6.61 Å². The van der Waals surface area contributed by atoms with Crippen LogP contribution in [0.5, 0.6) is 0 Å². The Morgan fingerprint density at radius 1 is 1.44 bits per heavy atom. The minimum Gasteiger partial charge on any atom is -0.397 e. The Hall–Kier alpha value is -1.22. The third kappa shape index (κ3) is 2.30. The van der Waals surface area contributed by atoms with E-state index in [1.54, 1.807) is 0 Å². The van der Waals surface area contributed by atoms with Crippen LogP contribution in [0.1, 0.15) is 24.8 Å². The second-order valence-corrected chi connectivity index (χ2v) is 4.72. The van der Waals surface area contributed by atoms with Crippen molar-refractivity contribution >= 4 is 11.4 Å². The van der Waals surface area contributed by atoms with Gasteiger partial charge >= 0.3 is 0 Å². The van der Waals surface area contributed by atoms with Gasteiger partial charge in [-0.2, -0.15) is 0 Å². The molecule has 0 aromatic heterocycles. The highest BCUT2D eigenvalue weighted by Crippen LogP contribution is 2.30. The molecule has 0 amide bonds. The Balaban J connectivity index is 2.08. The Morgan fingerprint density at radius 3 is 2.94 bits per heavy atom. The normalized spacial score (nSPS) is 24.6. The smallest absolute Gasteiger partial charge is 0.0576 e. The third-order valence-electron chi connectivity index (χ3n) is 3.44. The van der Waals surface area contributed by atoms with Crippen molar-refractivity contribution in [2.24, 2.45) is 5.92 Å². The summed E-state index contributed by atoms with van der Waals surface area (Å²) in [5.41, 5.74) is 8.93. The highest BCUT2D eigenvalue weighted by atomic mass is 16.3. The van der Waals surface area contributed by atoms with Crippen LogP contribution >= 0.6 is 0 Å². The van der Waals surface area contributed by atoms with Gasteiger partial charge in [-0.05, 0) is 37.5 Å². The minimum absolute atomic E-state index is 0.267. The highest BCUT2D eigenvalue weighted by molar-refractivity contribution is 5.67. The molecule has 0 saturated heterocycles. The predicted molar refractivity (Wildman–Crippen MR) is 67.4 cm³/mol. The van der Waals surface area contributed by atoms with E-state index in [1.807, 2.05) is 19.1 Å². The van der Waals surface area contributed by atoms with Crippen LogP contribution in [0.4, 0.5) is 11.4 Å². The molecule has 1 fully saturated rings. The summed E-state index contributed by atoms with van der Waals surface area (Å²) < 4.78 is 0. The van der Waals surface area contributed by atoms with Crippen LogP contribution < -0.4 is 11.1 Å². The van der Waals surface area contributed by atoms with Crippen molar-refractivity contribution in [3.63, 3.8) is 0 Å². The van der Waals surface area contributed by atoms with E-state index in [0.717, 1.165) is 24.2 Å². The largest absolute Gasteiger partial charge is 0.397 e. The topological polar surface area (TPSA) is 58.3 Å². The summed E-state index contributed by atoms with van der Waals surface area (Å²) in [6.45, 7) is 2.30. The van der Waals surface area contributed by atoms with Gasteiger partial charge in [0.05, 0.1) is 11.4 Å². The van der Waals surface area contributed by atoms with Gasteiger partial charge in [0, 0.05) is 18.6 Å². The number of aliphatic hydroxyl groups excluding tert-OH is 1. The molecule has 0 bridgehead atoms. The molecule has 4 N–H and O–H groups in total. The average molecular weight is 220 g/mol. The van der Waals surface area contributed by atoms with E-state index < -0.39 is 0 Å². The van der Waals surface area contributed by atoms with Crippen LogP contribution in [-0.2, 0) is 0 Å². The van der Waals surface area contributed by atoms with E-state index in [9.17, 15) is 5.11 Å². The molecule has 1 aliphatic carbocycles. The molecule has 1 aliphatic rings. The lowest BCUT2D eigenvalue weighted by atomic mass is 10.0. The van der Waals surface area contributed by atoms with E-state index in [0.29, 0.717) is 12.0 Å². The molecule has 2 atom stereocenters. The highest BCUT2D eigenvalue weighted by Gasteiger charge is 2.26. The molecule has 0 spiro atoms. The number of hydrogen-bond acceptors (Lipinski definition) is 3. The monoisotopic (exact) mass is 220 g/mol. The van der Waals surface area contributed by atoms with Crippen molar-refractivity contribution in [3.05, 3.63) is 23.8 Å². The number of rotatable bonds is 3. The Bertz CT molecular complexity index is 365. The number of hydrogen-bond donors (Lipinski definition) is 3. The summed E-state index contributed by atoms with van der Waals surface area (Å²) in [6.07, 6.45) is 3.42. The van der Waals surface area contributed by atoms with Crippen LogP contribution in [0.15, 0.2) is 18.2 Å². The zero-order valence-electron chi connectivity index (χ0n) is 9.74. The number of nitrogen functional groups attached to an aromatic ring is 1. The molecule has 0 heterocycles. The summed E-state index contributed by atoms with van der Waals surface area (Å²) in [7, 11) is 0. The van der Waals surface area contributed by atoms with Gasteiger partial charge in [0.15, 0.2) is 0 Å². The first-order valence-electron chi connectivity index (χ1n) is 5.94. The van der Waals surface area contributed by atoms with E-state index in [1.165, 1.54) is 12.0 Å². The van der Waals surface area contributed by atoms with Gasteiger partial charge in [0.2, 0.25) is 0 Å². The lowest BCUT2D eigenvalue weighted by Gasteiger charge is -2.21. The standard InChI is InChI=1S/C13H20N2O/c1-9-5-6-13(11(14)7-9)15-12-4-2-3-10(12)8-16/h5-7,10,12,15-16H,2-4,8,14H2,1H3. The first-order valence-corrected chi connectivity index (χ1v) is 5.94. The molecule has 1 aromatic rings. The number of nitrogens with two attached hydrogens (primary N) is 1. The fourth-order valence-electron chi connectivity index (χ4n) is 2.46. The number of benzene rings is 1. The van der Waals surface area contributed by atoms with Crippen LogP contribution in [0.2, 0.25) is 0 Å². The number of aliphatic hydroxyl groups is 1. The molecule has 1 saturated carbocycles. The van der Waals surface area contributed by atoms with Crippen LogP contribution in [0.25, 0.3) is 0 Å². The van der Waals surface area contributed by atoms with Gasteiger partial charge in [0.25, 0.3) is 0 Å². The first kappa shape index (κ1) is 11.3. The summed E-state index contributed by atoms with van der Waals surface area (Å²) in [5, 5.41) is 12.7. The first-order chi connectivity index (χ1) is 7.70. The molecule has 2 unspecified atom stereocenters. The molecule has 16 heavy (non-hydrogen) atoms. The average Bonchev–Trinajstić information content (AvgIpc) is 2.69. The lowest BCUT2D eigenvalue weighted by Crippen LogP contribution is -2.26. The van der Waals surface area contributed by atoms with Gasteiger partial charge in [-0.25, -0.2) is 0 Å². The molecule has 3 nitrogen and oxygen atoms in total. The zero-order valence-corrected chi connectivity index (χ0v) is 9.74. The van der Waals surface area contributed by atoms with Gasteiger partial charge < -0.3 is 16.2 Å². The zero-order chi connectivity index (χ0) is 11.5. The maximum absolute atomic E-state index is 9.26. The Labute approximate surface area is 96.7 Å². The molecule has 0 radical (unpaired) electrons. The summed E-state index contributed by atoms with van der Waals surface area (Å²) in [5.74, 6) is 0.376. The molecule has 88 valence electrons. The summed E-state index contributed by atoms with van der Waals surface area (Å²) in [4.78, 5) is 0. The van der Waals surface area contributed by atoms with Crippen molar-refractivity contribution in [3.8, 4) is 0 Å². The van der Waals surface area contributed by atoms with E-state index in [4.69, 9.17) is 5.73 Å². The fraction of sp³-hybridized carbons (Fsp3) is 0.538. The summed E-state index contributed by atoms with van der Waals surface area (Å²) >= 11 is 0. The van der Waals surface area contributed by atoms with Crippen LogP contribution in [0, 0.1) is 12.8 Å². The SMILES string of the molecule is Cc1ccc(NC2CCCC2CO)c(N)c1. The second-order valence-electron chi connectivity index (χ2n) is 4.72. The maximum atomic E-state index is 9.26. The molecule has 1 aromatic carbocycles. The maximum Gasteiger partial charge on any atom is 0.0576 e. The van der Waals surface area contributed by atoms with Crippen molar-refractivity contribution < 1.29 is 5.11 Å². The predicted octanol–water partition coefficient (Wildman–Crippen LogP) is 2.15. The number of nitrogens with one attached hydrogen (secondary N) is 1. The molecule has 2 rings (SSSR count). The quantitative estimate of drug-likeness (QED) is 0.684. The number of aryl methyl sites for hydroxylation is 1. The van der Waals surface area contributed by atoms with Gasteiger partial charge in [-0.1, -0.05) is 12.5 Å². The molecular weight excluding hydrogens is 200 g/mol. The van der Waals surface area contributed by atoms with Gasteiger partial charge in [-0.3, -0.25) is 0 Å². The van der Waals surface area contributed by atoms with Crippen LogP contribution in [0.3, 0.4) is 0 Å². The van der Waals surface area contributed by atoms with Crippen molar-refractivity contribution in [2.45, 2.75) is 32.2 Å². The second kappa shape index (κ2) is 4.74. The van der Waals surface area contributed by atoms with Crippen molar-refractivity contribution in [1.29, 1.82) is 0 Å². The Kier molecular flexibility index (Phi) is 3.34. The lowest BCUT2D eigenvalue weighted by molar-refractivity contribution is 0.222. The van der Waals surface area contributed by atoms with Crippen LogP contribution in [-0.4, -0.2) is 17.8 Å². The number of anilines is 2. The van der Waals surface area contributed by atoms with E-state index in [2.05, 4.69) is 11.4 Å². The van der Waals surface area contributed by atoms with Gasteiger partial charge in [0.1, 0.15) is 0 Å². The Morgan fingerprint density at radius 2 is 2.25 bits per heavy atom. The van der Waals surface area contributed by atoms with Gasteiger partial charge in [-0.15, -0.1) is 0 Å². The fourth-order valence-corrected chi connectivity index (χ4v) is 2.46. The van der Waals surface area contributed by atoms with Crippen molar-refractivity contribution in [1.82, 2.24) is 0 Å². The summed E-state index contributed by atoms with van der Waals surface area (Å²) in [6, 6.07) is 6.43. The third-order valence-corrected chi connectivity index (χ3v) is 3.44. The minimum atomic E-state index is 0.267. The molecular formula is C13H20N2O. The van der Waals surface area contributed by atoms with Crippen molar-refractivity contribution in [2.75, 3.05) is 17.7 Å². The van der Waals surface area contributed by atoms with E-state index >= 15 is 0 Å². The molecule has 3 heteroatoms. The molecule has 0 aliphatic heterocycles.